The second-order valence-electron chi connectivity index (χ2n) is 7.70. The van der Waals surface area contributed by atoms with Crippen LogP contribution < -0.4 is 5.32 Å². The summed E-state index contributed by atoms with van der Waals surface area (Å²) in [7, 11) is 0. The van der Waals surface area contributed by atoms with Gasteiger partial charge in [0.1, 0.15) is 5.54 Å². The zero-order chi connectivity index (χ0) is 21.3. The number of nitrogens with zero attached hydrogens (tertiary/aromatic N) is 4. The van der Waals surface area contributed by atoms with E-state index in [-0.39, 0.29) is 11.9 Å². The molecule has 1 fully saturated rings. The van der Waals surface area contributed by atoms with Crippen LogP contribution in [0.4, 0.5) is 4.79 Å². The first-order valence-electron chi connectivity index (χ1n) is 9.71. The highest BCUT2D eigenvalue weighted by Crippen LogP contribution is 2.28. The lowest BCUT2D eigenvalue weighted by Crippen LogP contribution is -2.40. The van der Waals surface area contributed by atoms with Crippen LogP contribution in [0, 0.1) is 6.92 Å². The molecule has 1 aromatic heterocycles. The molecule has 0 radical (unpaired) electrons. The lowest BCUT2D eigenvalue weighted by molar-refractivity contribution is -0.130. The molecule has 2 heterocycles. The molecular weight excluding hydrogens is 398 g/mol. The molecule has 1 N–H and O–H groups in total. The number of urea groups is 1. The highest BCUT2D eigenvalue weighted by Gasteiger charge is 2.43. The van der Waals surface area contributed by atoms with Gasteiger partial charge in [0.25, 0.3) is 5.91 Å². The average Bonchev–Trinajstić information content (AvgIpc) is 3.23. The fourth-order valence-corrected chi connectivity index (χ4v) is 4.19. The second kappa shape index (κ2) is 7.95. The summed E-state index contributed by atoms with van der Waals surface area (Å²) in [5.74, 6) is 1.06. The van der Waals surface area contributed by atoms with Gasteiger partial charge in [-0.3, -0.25) is 14.3 Å². The van der Waals surface area contributed by atoms with Crippen molar-refractivity contribution in [3.05, 3.63) is 60.2 Å². The summed E-state index contributed by atoms with van der Waals surface area (Å²) in [4.78, 5) is 25.8. The van der Waals surface area contributed by atoms with E-state index in [1.807, 2.05) is 66.1 Å². The standard InChI is InChI=1S/C22H23N5O2S/c1-15-9-11-17(12-10-15)27-18(16-7-5-4-6-8-16)24-25-21(27)30-14-13-26-19(28)22(2,3)23-20(26)29/h4-12H,13-14H2,1-3H3,(H,23,29). The Morgan fingerprint density at radius 3 is 2.33 bits per heavy atom. The predicted molar refractivity (Wildman–Crippen MR) is 117 cm³/mol. The normalized spacial score (nSPS) is 15.5. The number of nitrogens with one attached hydrogen (secondary N) is 1. The van der Waals surface area contributed by atoms with E-state index in [9.17, 15) is 9.59 Å². The van der Waals surface area contributed by atoms with Gasteiger partial charge in [0.2, 0.25) is 0 Å². The quantitative estimate of drug-likeness (QED) is 0.485. The molecule has 30 heavy (non-hydrogen) atoms. The third-order valence-electron chi connectivity index (χ3n) is 4.95. The molecule has 2 aromatic carbocycles. The van der Waals surface area contributed by atoms with E-state index in [4.69, 9.17) is 0 Å². The number of benzene rings is 2. The smallest absolute Gasteiger partial charge is 0.324 e. The molecular formula is C22H23N5O2S. The number of carbonyl (C=O) groups excluding carboxylic acids is 2. The van der Waals surface area contributed by atoms with E-state index in [2.05, 4.69) is 15.5 Å². The van der Waals surface area contributed by atoms with Crippen LogP contribution in [0.5, 0.6) is 0 Å². The zero-order valence-corrected chi connectivity index (χ0v) is 17.9. The first-order valence-corrected chi connectivity index (χ1v) is 10.7. The third-order valence-corrected chi connectivity index (χ3v) is 5.86. The number of aromatic nitrogens is 3. The second-order valence-corrected chi connectivity index (χ2v) is 8.77. The monoisotopic (exact) mass is 421 g/mol. The van der Waals surface area contributed by atoms with Crippen LogP contribution in [0.1, 0.15) is 19.4 Å². The van der Waals surface area contributed by atoms with Crippen molar-refractivity contribution in [2.45, 2.75) is 31.5 Å². The van der Waals surface area contributed by atoms with Crippen molar-refractivity contribution < 1.29 is 9.59 Å². The Morgan fingerprint density at radius 2 is 1.70 bits per heavy atom. The van der Waals surface area contributed by atoms with Gasteiger partial charge in [0.05, 0.1) is 0 Å². The molecule has 3 aromatic rings. The molecule has 1 saturated heterocycles. The molecule has 8 heteroatoms. The largest absolute Gasteiger partial charge is 0.325 e. The topological polar surface area (TPSA) is 80.1 Å². The van der Waals surface area contributed by atoms with Crippen molar-refractivity contribution in [3.63, 3.8) is 0 Å². The molecule has 4 rings (SSSR count). The molecule has 154 valence electrons. The van der Waals surface area contributed by atoms with Crippen molar-refractivity contribution in [2.24, 2.45) is 0 Å². The van der Waals surface area contributed by atoms with Gasteiger partial charge < -0.3 is 5.32 Å². The summed E-state index contributed by atoms with van der Waals surface area (Å²) in [5, 5.41) is 12.2. The number of carbonyl (C=O) groups is 2. The van der Waals surface area contributed by atoms with Crippen LogP contribution in [0.25, 0.3) is 17.1 Å². The average molecular weight is 422 g/mol. The summed E-state index contributed by atoms with van der Waals surface area (Å²) in [6, 6.07) is 17.7. The number of aryl methyl sites for hydroxylation is 1. The maximum atomic E-state index is 12.4. The van der Waals surface area contributed by atoms with Crippen molar-refractivity contribution in [2.75, 3.05) is 12.3 Å². The minimum atomic E-state index is -0.857. The minimum absolute atomic E-state index is 0.210. The Balaban J connectivity index is 1.59. The molecule has 0 unspecified atom stereocenters. The molecule has 0 spiro atoms. The summed E-state index contributed by atoms with van der Waals surface area (Å²) < 4.78 is 2.01. The summed E-state index contributed by atoms with van der Waals surface area (Å²) in [5.41, 5.74) is 2.24. The Kier molecular flexibility index (Phi) is 5.34. The zero-order valence-electron chi connectivity index (χ0n) is 17.1. The first kappa shape index (κ1) is 20.2. The molecule has 0 saturated carbocycles. The molecule has 1 aliphatic rings. The van der Waals surface area contributed by atoms with Crippen molar-refractivity contribution in [1.82, 2.24) is 25.0 Å². The van der Waals surface area contributed by atoms with Crippen molar-refractivity contribution in [3.8, 4) is 17.1 Å². The Morgan fingerprint density at radius 1 is 1.00 bits per heavy atom. The van der Waals surface area contributed by atoms with Gasteiger partial charge in [-0.25, -0.2) is 4.79 Å². The van der Waals surface area contributed by atoms with Gasteiger partial charge in [0, 0.05) is 23.5 Å². The number of thioether (sulfide) groups is 1. The lowest BCUT2D eigenvalue weighted by atomic mass is 10.1. The lowest BCUT2D eigenvalue weighted by Gasteiger charge is -2.16. The van der Waals surface area contributed by atoms with Gasteiger partial charge in [-0.2, -0.15) is 0 Å². The number of hydrogen-bond acceptors (Lipinski definition) is 5. The third kappa shape index (κ3) is 3.82. The molecule has 3 amide bonds. The summed E-state index contributed by atoms with van der Waals surface area (Å²) >= 11 is 1.47. The summed E-state index contributed by atoms with van der Waals surface area (Å²) in [6.07, 6.45) is 0. The van der Waals surface area contributed by atoms with E-state index < -0.39 is 5.54 Å². The van der Waals surface area contributed by atoms with E-state index >= 15 is 0 Å². The van der Waals surface area contributed by atoms with Crippen molar-refractivity contribution >= 4 is 23.7 Å². The van der Waals surface area contributed by atoms with Crippen LogP contribution in [0.15, 0.2) is 59.8 Å². The number of rotatable bonds is 6. The summed E-state index contributed by atoms with van der Waals surface area (Å²) in [6.45, 7) is 5.77. The highest BCUT2D eigenvalue weighted by molar-refractivity contribution is 7.99. The van der Waals surface area contributed by atoms with Gasteiger partial charge in [-0.15, -0.1) is 10.2 Å². The number of imide groups is 1. The van der Waals surface area contributed by atoms with Gasteiger partial charge in [0.15, 0.2) is 11.0 Å². The van der Waals surface area contributed by atoms with Crippen LogP contribution in [0.2, 0.25) is 0 Å². The van der Waals surface area contributed by atoms with E-state index in [0.29, 0.717) is 17.5 Å². The molecule has 1 aliphatic heterocycles. The van der Waals surface area contributed by atoms with Crippen molar-refractivity contribution in [1.29, 1.82) is 0 Å². The fraction of sp³-hybridized carbons (Fsp3) is 0.273. The maximum Gasteiger partial charge on any atom is 0.325 e. The number of hydrogen-bond donors (Lipinski definition) is 1. The molecule has 0 aliphatic carbocycles. The Labute approximate surface area is 179 Å². The van der Waals surface area contributed by atoms with E-state index in [0.717, 1.165) is 17.1 Å². The molecule has 0 atom stereocenters. The van der Waals surface area contributed by atoms with Crippen LogP contribution in [-0.2, 0) is 4.79 Å². The first-order chi connectivity index (χ1) is 14.4. The molecule has 7 nitrogen and oxygen atoms in total. The minimum Gasteiger partial charge on any atom is -0.324 e. The van der Waals surface area contributed by atoms with Gasteiger partial charge in [-0.05, 0) is 32.9 Å². The van der Waals surface area contributed by atoms with Crippen LogP contribution in [0.3, 0.4) is 0 Å². The molecule has 0 bridgehead atoms. The Hall–Kier alpha value is -3.13. The fourth-order valence-electron chi connectivity index (χ4n) is 3.31. The maximum absolute atomic E-state index is 12.4. The van der Waals surface area contributed by atoms with Gasteiger partial charge >= 0.3 is 6.03 Å². The highest BCUT2D eigenvalue weighted by atomic mass is 32.2. The number of amides is 3. The van der Waals surface area contributed by atoms with Crippen LogP contribution in [-0.4, -0.2) is 49.4 Å². The Bertz CT molecular complexity index is 1080. The van der Waals surface area contributed by atoms with E-state index in [1.165, 1.54) is 22.2 Å². The van der Waals surface area contributed by atoms with E-state index in [1.54, 1.807) is 13.8 Å². The van der Waals surface area contributed by atoms with Crippen LogP contribution >= 0.6 is 11.8 Å². The van der Waals surface area contributed by atoms with Gasteiger partial charge in [-0.1, -0.05) is 59.8 Å². The predicted octanol–water partition coefficient (Wildman–Crippen LogP) is 3.67. The SMILES string of the molecule is Cc1ccc(-n2c(SCCN3C(=O)NC(C)(C)C3=O)nnc2-c2ccccc2)cc1.